The highest BCUT2D eigenvalue weighted by Gasteiger charge is 2.22. The average Bonchev–Trinajstić information content (AvgIpc) is 3.18. The summed E-state index contributed by atoms with van der Waals surface area (Å²) in [6, 6.07) is 9.17. The zero-order chi connectivity index (χ0) is 22.8. The summed E-state index contributed by atoms with van der Waals surface area (Å²) in [5.74, 6) is -1.31. The maximum Gasteiger partial charge on any atom is 0.280 e. The van der Waals surface area contributed by atoms with E-state index in [1.807, 2.05) is 4.72 Å². The van der Waals surface area contributed by atoms with Crippen molar-refractivity contribution in [2.24, 2.45) is 0 Å². The SMILES string of the molecule is COc1cc(C(=O)NS(C)(=O)=O)ccc1NS(=O)(=O)c1csc(-c2ccc(F)cc2)n1. The van der Waals surface area contributed by atoms with Crippen LogP contribution in [0.2, 0.25) is 0 Å². The van der Waals surface area contributed by atoms with E-state index in [4.69, 9.17) is 4.74 Å². The van der Waals surface area contributed by atoms with Gasteiger partial charge in [-0.1, -0.05) is 0 Å². The van der Waals surface area contributed by atoms with Gasteiger partial charge >= 0.3 is 0 Å². The van der Waals surface area contributed by atoms with Crippen molar-refractivity contribution in [3.63, 3.8) is 0 Å². The number of carbonyl (C=O) groups excluding carboxylic acids is 1. The molecule has 3 rings (SSSR count). The fourth-order valence-corrected chi connectivity index (χ4v) is 5.07. The van der Waals surface area contributed by atoms with Crippen molar-refractivity contribution in [1.29, 1.82) is 0 Å². The van der Waals surface area contributed by atoms with Crippen LogP contribution in [0.1, 0.15) is 10.4 Å². The van der Waals surface area contributed by atoms with Gasteiger partial charge in [-0.2, -0.15) is 8.42 Å². The lowest BCUT2D eigenvalue weighted by atomic mass is 10.2. The van der Waals surface area contributed by atoms with Crippen LogP contribution >= 0.6 is 11.3 Å². The van der Waals surface area contributed by atoms with Gasteiger partial charge in [0, 0.05) is 16.5 Å². The molecule has 0 aliphatic heterocycles. The Bertz CT molecular complexity index is 1340. The summed E-state index contributed by atoms with van der Waals surface area (Å²) in [6.07, 6.45) is 0.832. The van der Waals surface area contributed by atoms with E-state index in [1.54, 1.807) is 0 Å². The largest absolute Gasteiger partial charge is 0.495 e. The molecule has 1 amide bonds. The number of ether oxygens (including phenoxy) is 1. The van der Waals surface area contributed by atoms with Gasteiger partial charge in [0.1, 0.15) is 16.6 Å². The van der Waals surface area contributed by atoms with Crippen LogP contribution in [0.4, 0.5) is 10.1 Å². The zero-order valence-electron chi connectivity index (χ0n) is 16.1. The van der Waals surface area contributed by atoms with Gasteiger partial charge in [0.25, 0.3) is 15.9 Å². The van der Waals surface area contributed by atoms with Crippen LogP contribution in [0.25, 0.3) is 10.6 Å². The van der Waals surface area contributed by atoms with E-state index in [0.717, 1.165) is 17.6 Å². The van der Waals surface area contributed by atoms with Gasteiger partial charge in [-0.3, -0.25) is 9.52 Å². The molecule has 0 radical (unpaired) electrons. The average molecular weight is 486 g/mol. The molecule has 9 nitrogen and oxygen atoms in total. The lowest BCUT2D eigenvalue weighted by molar-refractivity contribution is 0.0981. The first-order valence-corrected chi connectivity index (χ1v) is 12.7. The molecule has 2 aromatic carbocycles. The number of sulfonamides is 2. The number of hydrogen-bond donors (Lipinski definition) is 2. The third-order valence-corrected chi connectivity index (χ3v) is 6.68. The molecular weight excluding hydrogens is 469 g/mol. The number of nitrogens with one attached hydrogen (secondary N) is 2. The van der Waals surface area contributed by atoms with Crippen LogP contribution in [-0.2, 0) is 20.0 Å². The molecule has 0 saturated heterocycles. The normalized spacial score (nSPS) is 11.7. The van der Waals surface area contributed by atoms with Crippen LogP contribution < -0.4 is 14.2 Å². The second kappa shape index (κ2) is 8.61. The van der Waals surface area contributed by atoms with Crippen LogP contribution in [0.5, 0.6) is 5.75 Å². The number of benzene rings is 2. The van der Waals surface area contributed by atoms with E-state index in [2.05, 4.69) is 9.71 Å². The van der Waals surface area contributed by atoms with Crippen LogP contribution in [-0.4, -0.2) is 41.1 Å². The molecule has 13 heteroatoms. The number of thiazole rings is 1. The lowest BCUT2D eigenvalue weighted by Gasteiger charge is -2.12. The highest BCUT2D eigenvalue weighted by Crippen LogP contribution is 2.30. The number of rotatable bonds is 7. The molecular formula is C18H16FN3O6S3. The Kier molecular flexibility index (Phi) is 6.29. The van der Waals surface area contributed by atoms with Crippen LogP contribution in [0.15, 0.2) is 52.9 Å². The van der Waals surface area contributed by atoms with Gasteiger partial charge in [-0.25, -0.2) is 22.5 Å². The van der Waals surface area contributed by atoms with Crippen molar-refractivity contribution >= 4 is 43.0 Å². The van der Waals surface area contributed by atoms with E-state index < -0.39 is 31.8 Å². The monoisotopic (exact) mass is 485 g/mol. The predicted octanol–water partition coefficient (Wildman–Crippen LogP) is 2.45. The van der Waals surface area contributed by atoms with Gasteiger partial charge in [-0.05, 0) is 42.5 Å². The molecule has 0 bridgehead atoms. The first kappa shape index (κ1) is 22.7. The number of nitrogens with zero attached hydrogens (tertiary/aromatic N) is 1. The van der Waals surface area contributed by atoms with Gasteiger partial charge < -0.3 is 4.74 Å². The quantitative estimate of drug-likeness (QED) is 0.525. The summed E-state index contributed by atoms with van der Waals surface area (Å²) in [7, 11) is -6.61. The lowest BCUT2D eigenvalue weighted by Crippen LogP contribution is -2.29. The molecule has 2 N–H and O–H groups in total. The summed E-state index contributed by atoms with van der Waals surface area (Å²) in [5, 5.41) is 1.47. The number of aromatic nitrogens is 1. The van der Waals surface area contributed by atoms with Crippen LogP contribution in [0.3, 0.4) is 0 Å². The molecule has 3 aromatic rings. The van der Waals surface area contributed by atoms with E-state index in [0.29, 0.717) is 10.6 Å². The number of carbonyl (C=O) groups is 1. The summed E-state index contributed by atoms with van der Waals surface area (Å²) >= 11 is 1.07. The summed E-state index contributed by atoms with van der Waals surface area (Å²) in [6.45, 7) is 0. The summed E-state index contributed by atoms with van der Waals surface area (Å²) in [5.41, 5.74) is 0.541. The molecule has 0 aliphatic carbocycles. The van der Waals surface area contributed by atoms with Crippen molar-refractivity contribution in [2.75, 3.05) is 18.1 Å². The van der Waals surface area contributed by atoms with Gasteiger partial charge in [-0.15, -0.1) is 11.3 Å². The third kappa shape index (κ3) is 5.57. The highest BCUT2D eigenvalue weighted by molar-refractivity contribution is 7.92. The molecule has 31 heavy (non-hydrogen) atoms. The molecule has 0 spiro atoms. The number of amides is 1. The van der Waals surface area contributed by atoms with Gasteiger partial charge in [0.2, 0.25) is 10.0 Å². The Morgan fingerprint density at radius 1 is 1.10 bits per heavy atom. The number of hydrogen-bond acceptors (Lipinski definition) is 8. The van der Waals surface area contributed by atoms with E-state index in [-0.39, 0.29) is 22.0 Å². The maximum absolute atomic E-state index is 13.1. The van der Waals surface area contributed by atoms with E-state index >= 15 is 0 Å². The predicted molar refractivity (Wildman–Crippen MR) is 114 cm³/mol. The Balaban J connectivity index is 1.86. The van der Waals surface area contributed by atoms with Gasteiger partial charge in [0.05, 0.1) is 19.1 Å². The fraction of sp³-hybridized carbons (Fsp3) is 0.111. The van der Waals surface area contributed by atoms with Gasteiger partial charge in [0.15, 0.2) is 5.03 Å². The molecule has 164 valence electrons. The van der Waals surface area contributed by atoms with Crippen molar-refractivity contribution in [3.8, 4) is 16.3 Å². The van der Waals surface area contributed by atoms with Crippen LogP contribution in [0, 0.1) is 5.82 Å². The Labute approximate surface area is 182 Å². The van der Waals surface area contributed by atoms with Crippen molar-refractivity contribution in [2.45, 2.75) is 5.03 Å². The Morgan fingerprint density at radius 3 is 2.39 bits per heavy atom. The molecule has 0 atom stereocenters. The van der Waals surface area contributed by atoms with Crippen molar-refractivity contribution < 1.29 is 30.8 Å². The highest BCUT2D eigenvalue weighted by atomic mass is 32.2. The maximum atomic E-state index is 13.1. The Hall–Kier alpha value is -3.03. The number of methoxy groups -OCH3 is 1. The Morgan fingerprint density at radius 2 is 1.77 bits per heavy atom. The molecule has 1 aromatic heterocycles. The molecule has 0 fully saturated rings. The summed E-state index contributed by atoms with van der Waals surface area (Å²) < 4.78 is 70.3. The van der Waals surface area contributed by atoms with Crippen molar-refractivity contribution in [3.05, 3.63) is 59.2 Å². The minimum Gasteiger partial charge on any atom is -0.495 e. The minimum atomic E-state index is -4.10. The van der Waals surface area contributed by atoms with E-state index in [9.17, 15) is 26.0 Å². The second-order valence-electron chi connectivity index (χ2n) is 6.22. The first-order chi connectivity index (χ1) is 14.5. The van der Waals surface area contributed by atoms with E-state index in [1.165, 1.54) is 55.0 Å². The molecule has 0 unspecified atom stereocenters. The fourth-order valence-electron chi connectivity index (χ4n) is 2.45. The summed E-state index contributed by atoms with van der Waals surface area (Å²) in [4.78, 5) is 16.1. The van der Waals surface area contributed by atoms with Crippen molar-refractivity contribution in [1.82, 2.24) is 9.71 Å². The molecule has 1 heterocycles. The topological polar surface area (TPSA) is 132 Å². The standard InChI is InChI=1S/C18H16FN3O6S3/c1-28-15-9-12(17(23)22-30(2,24)25)5-8-14(15)21-31(26,27)16-10-29-18(20-16)11-3-6-13(19)7-4-11/h3-10,21H,1-2H3,(H,22,23). The molecule has 0 saturated carbocycles. The second-order valence-corrected chi connectivity index (χ2v) is 10.5. The first-order valence-electron chi connectivity index (χ1n) is 8.43. The minimum absolute atomic E-state index is 0.00119. The zero-order valence-corrected chi connectivity index (χ0v) is 18.6. The smallest absolute Gasteiger partial charge is 0.280 e. The number of anilines is 1. The third-order valence-electron chi connectivity index (χ3n) is 3.84. The molecule has 0 aliphatic rings. The number of halogens is 1.